The maximum atomic E-state index is 6.18. The summed E-state index contributed by atoms with van der Waals surface area (Å²) in [7, 11) is 0. The van der Waals surface area contributed by atoms with Crippen molar-refractivity contribution in [2.45, 2.75) is 45.2 Å². The predicted molar refractivity (Wildman–Crippen MR) is 105 cm³/mol. The zero-order valence-electron chi connectivity index (χ0n) is 13.1. The lowest BCUT2D eigenvalue weighted by Crippen LogP contribution is -2.44. The molecule has 1 aromatic carbocycles. The minimum absolute atomic E-state index is 0. The van der Waals surface area contributed by atoms with E-state index < -0.39 is 0 Å². The van der Waals surface area contributed by atoms with Crippen LogP contribution in [0.25, 0.3) is 11.0 Å². The SMILES string of the molecule is Cc1c(Br)c(Br)c2c3c1nc(N1CCC[C@H](N)C1)n3CCC2.Cl. The molecule has 4 rings (SSSR count). The third-order valence-corrected chi connectivity index (χ3v) is 7.32. The van der Waals surface area contributed by atoms with Gasteiger partial charge in [0.15, 0.2) is 0 Å². The van der Waals surface area contributed by atoms with Crippen LogP contribution in [0.3, 0.4) is 0 Å². The molecule has 1 saturated heterocycles. The highest BCUT2D eigenvalue weighted by molar-refractivity contribution is 9.13. The minimum atomic E-state index is 0. The zero-order valence-corrected chi connectivity index (χ0v) is 17.1. The molecular formula is C16H21Br2ClN4. The van der Waals surface area contributed by atoms with Crippen molar-refractivity contribution in [3.8, 4) is 0 Å². The van der Waals surface area contributed by atoms with Gasteiger partial charge in [0.1, 0.15) is 0 Å². The molecule has 1 fully saturated rings. The van der Waals surface area contributed by atoms with Crippen molar-refractivity contribution in [2.75, 3.05) is 18.0 Å². The molecule has 126 valence electrons. The van der Waals surface area contributed by atoms with Crippen LogP contribution in [-0.4, -0.2) is 28.7 Å². The average molecular weight is 465 g/mol. The fourth-order valence-electron chi connectivity index (χ4n) is 3.80. The molecule has 2 aliphatic heterocycles. The van der Waals surface area contributed by atoms with Crippen LogP contribution in [0.5, 0.6) is 0 Å². The summed E-state index contributed by atoms with van der Waals surface area (Å²) >= 11 is 7.50. The van der Waals surface area contributed by atoms with Crippen molar-refractivity contribution in [3.05, 3.63) is 20.1 Å². The van der Waals surface area contributed by atoms with Crippen molar-refractivity contribution in [1.82, 2.24) is 9.55 Å². The van der Waals surface area contributed by atoms with Gasteiger partial charge >= 0.3 is 0 Å². The van der Waals surface area contributed by atoms with Crippen molar-refractivity contribution in [3.63, 3.8) is 0 Å². The number of aryl methyl sites for hydroxylation is 3. The molecule has 0 saturated carbocycles. The van der Waals surface area contributed by atoms with Crippen LogP contribution < -0.4 is 10.6 Å². The first kappa shape index (κ1) is 17.5. The second-order valence-corrected chi connectivity index (χ2v) is 8.03. The largest absolute Gasteiger partial charge is 0.341 e. The topological polar surface area (TPSA) is 47.1 Å². The summed E-state index contributed by atoms with van der Waals surface area (Å²) in [5.41, 5.74) is 11.2. The number of hydrogen-bond donors (Lipinski definition) is 1. The molecule has 23 heavy (non-hydrogen) atoms. The van der Waals surface area contributed by atoms with E-state index in [1.165, 1.54) is 27.5 Å². The van der Waals surface area contributed by atoms with Gasteiger partial charge in [-0.1, -0.05) is 0 Å². The van der Waals surface area contributed by atoms with E-state index in [9.17, 15) is 0 Å². The molecule has 0 spiro atoms. The summed E-state index contributed by atoms with van der Waals surface area (Å²) in [5, 5.41) is 0. The second-order valence-electron chi connectivity index (χ2n) is 6.44. The first-order valence-corrected chi connectivity index (χ1v) is 9.53. The molecule has 2 aliphatic rings. The first-order valence-electron chi connectivity index (χ1n) is 7.95. The van der Waals surface area contributed by atoms with Gasteiger partial charge in [0, 0.05) is 34.6 Å². The molecule has 0 radical (unpaired) electrons. The van der Waals surface area contributed by atoms with Gasteiger partial charge in [-0.05, 0) is 75.6 Å². The number of aromatic nitrogens is 2. The van der Waals surface area contributed by atoms with E-state index in [0.29, 0.717) is 0 Å². The van der Waals surface area contributed by atoms with E-state index in [-0.39, 0.29) is 18.4 Å². The molecule has 0 amide bonds. The van der Waals surface area contributed by atoms with Gasteiger partial charge in [-0.25, -0.2) is 4.98 Å². The number of piperidine rings is 1. The molecule has 1 aromatic heterocycles. The molecule has 1 atom stereocenters. The highest BCUT2D eigenvalue weighted by atomic mass is 79.9. The molecule has 4 nitrogen and oxygen atoms in total. The van der Waals surface area contributed by atoms with Crippen molar-refractivity contribution in [1.29, 1.82) is 0 Å². The zero-order chi connectivity index (χ0) is 15.4. The van der Waals surface area contributed by atoms with Crippen LogP contribution in [-0.2, 0) is 13.0 Å². The standard InChI is InChI=1S/C16H20Br2N4.ClH/c1-9-12(17)13(18)11-5-3-7-22-15(11)14(9)20-16(22)21-6-2-4-10(19)8-21;/h10H,2-8,19H2,1H3;1H/t10-;/m0./s1. The molecular weight excluding hydrogens is 443 g/mol. The van der Waals surface area contributed by atoms with Gasteiger partial charge in [0.2, 0.25) is 5.95 Å². The van der Waals surface area contributed by atoms with Gasteiger partial charge in [0.05, 0.1) is 11.0 Å². The highest BCUT2D eigenvalue weighted by Crippen LogP contribution is 2.41. The Labute approximate surface area is 159 Å². The molecule has 7 heteroatoms. The number of anilines is 1. The normalized spacial score (nSPS) is 20.7. The first-order chi connectivity index (χ1) is 10.6. The lowest BCUT2D eigenvalue weighted by atomic mass is 10.0. The van der Waals surface area contributed by atoms with Gasteiger partial charge in [-0.15, -0.1) is 12.4 Å². The number of nitrogens with zero attached hydrogens (tertiary/aromatic N) is 3. The smallest absolute Gasteiger partial charge is 0.206 e. The van der Waals surface area contributed by atoms with E-state index in [1.807, 2.05) is 0 Å². The maximum absolute atomic E-state index is 6.18. The molecule has 3 heterocycles. The van der Waals surface area contributed by atoms with Crippen LogP contribution in [0.1, 0.15) is 30.4 Å². The number of hydrogen-bond acceptors (Lipinski definition) is 3. The quantitative estimate of drug-likeness (QED) is 0.689. The predicted octanol–water partition coefficient (Wildman–Crippen LogP) is 4.17. The van der Waals surface area contributed by atoms with Crippen LogP contribution in [0.4, 0.5) is 5.95 Å². The van der Waals surface area contributed by atoms with Gasteiger partial charge < -0.3 is 15.2 Å². The molecule has 0 bridgehead atoms. The Morgan fingerprint density at radius 3 is 2.70 bits per heavy atom. The van der Waals surface area contributed by atoms with Crippen molar-refractivity contribution < 1.29 is 0 Å². The molecule has 2 aromatic rings. The number of imidazole rings is 1. The Morgan fingerprint density at radius 1 is 1.17 bits per heavy atom. The van der Waals surface area contributed by atoms with Gasteiger partial charge in [-0.3, -0.25) is 0 Å². The van der Waals surface area contributed by atoms with E-state index in [4.69, 9.17) is 10.7 Å². The van der Waals surface area contributed by atoms with Crippen LogP contribution in [0, 0.1) is 6.92 Å². The van der Waals surface area contributed by atoms with Gasteiger partial charge in [-0.2, -0.15) is 0 Å². The number of halogens is 3. The van der Waals surface area contributed by atoms with Crippen LogP contribution in [0.2, 0.25) is 0 Å². The lowest BCUT2D eigenvalue weighted by molar-refractivity contribution is 0.490. The lowest BCUT2D eigenvalue weighted by Gasteiger charge is -2.32. The number of rotatable bonds is 1. The highest BCUT2D eigenvalue weighted by Gasteiger charge is 2.28. The number of nitrogens with two attached hydrogens (primary N) is 1. The Kier molecular flexibility index (Phi) is 4.98. The van der Waals surface area contributed by atoms with E-state index >= 15 is 0 Å². The maximum Gasteiger partial charge on any atom is 0.206 e. The summed E-state index contributed by atoms with van der Waals surface area (Å²) in [6.45, 7) is 5.18. The van der Waals surface area contributed by atoms with Crippen LogP contribution in [0.15, 0.2) is 8.95 Å². The monoisotopic (exact) mass is 462 g/mol. The fraction of sp³-hybridized carbons (Fsp3) is 0.562. The summed E-state index contributed by atoms with van der Waals surface area (Å²) in [6.07, 6.45) is 4.56. The summed E-state index contributed by atoms with van der Waals surface area (Å²) in [5.74, 6) is 1.11. The second kappa shape index (κ2) is 6.54. The molecule has 2 N–H and O–H groups in total. The van der Waals surface area contributed by atoms with Crippen molar-refractivity contribution in [2.24, 2.45) is 5.73 Å². The Morgan fingerprint density at radius 2 is 1.96 bits per heavy atom. The number of benzene rings is 1. The Bertz CT molecular complexity index is 759. The Balaban J connectivity index is 0.00000156. The third-order valence-electron chi connectivity index (χ3n) is 4.92. The fourth-order valence-corrected chi connectivity index (χ4v) is 4.91. The van der Waals surface area contributed by atoms with E-state index in [0.717, 1.165) is 54.8 Å². The van der Waals surface area contributed by atoms with E-state index in [2.05, 4.69) is 48.3 Å². The average Bonchev–Trinajstić information content (AvgIpc) is 2.91. The van der Waals surface area contributed by atoms with E-state index in [1.54, 1.807) is 0 Å². The molecule has 0 unspecified atom stereocenters. The summed E-state index contributed by atoms with van der Waals surface area (Å²) < 4.78 is 4.75. The molecule has 0 aliphatic carbocycles. The Hall–Kier alpha value is -0.300. The third kappa shape index (κ3) is 2.71. The van der Waals surface area contributed by atoms with Crippen LogP contribution >= 0.6 is 44.3 Å². The minimum Gasteiger partial charge on any atom is -0.341 e. The van der Waals surface area contributed by atoms with Gasteiger partial charge in [0.25, 0.3) is 0 Å². The summed E-state index contributed by atoms with van der Waals surface area (Å²) in [4.78, 5) is 7.41. The summed E-state index contributed by atoms with van der Waals surface area (Å²) in [6, 6.07) is 0.268. The van der Waals surface area contributed by atoms with Crippen molar-refractivity contribution >= 4 is 61.2 Å².